The summed E-state index contributed by atoms with van der Waals surface area (Å²) >= 11 is 0. The predicted molar refractivity (Wildman–Crippen MR) is 66.8 cm³/mol. The van der Waals surface area contributed by atoms with Crippen LogP contribution in [0, 0.1) is 10.4 Å². The predicted octanol–water partition coefficient (Wildman–Crippen LogP) is -0.428. The van der Waals surface area contributed by atoms with Gasteiger partial charge in [0.25, 0.3) is 0 Å². The third kappa shape index (κ3) is 2.70. The molecule has 0 saturated heterocycles. The summed E-state index contributed by atoms with van der Waals surface area (Å²) in [5, 5.41) is 56.8. The van der Waals surface area contributed by atoms with E-state index in [0.29, 0.717) is 0 Å². The van der Waals surface area contributed by atoms with Gasteiger partial charge in [-0.3, -0.25) is 0 Å². The molecule has 0 aliphatic rings. The highest BCUT2D eigenvalue weighted by Gasteiger charge is 2.15. The van der Waals surface area contributed by atoms with Crippen molar-refractivity contribution in [3.05, 3.63) is 46.8 Å². The number of phenols is 2. The number of hydrogen-bond donors (Lipinski definition) is 6. The molecule has 2 atom stereocenters. The van der Waals surface area contributed by atoms with E-state index in [1.165, 1.54) is 36.4 Å². The van der Waals surface area contributed by atoms with Gasteiger partial charge >= 0.3 is 0 Å². The SMILES string of the molecule is [O-][NH+](O)c1ccc(O)c(-c2cc([NH+]([O-])O)ccc2O)c1. The maximum absolute atomic E-state index is 10.9. The molecule has 0 saturated carbocycles. The number of benzene rings is 2. The van der Waals surface area contributed by atoms with Gasteiger partial charge in [-0.25, -0.2) is 10.4 Å². The van der Waals surface area contributed by atoms with E-state index in [2.05, 4.69) is 0 Å². The molecule has 2 aromatic carbocycles. The second kappa shape index (κ2) is 5.43. The van der Waals surface area contributed by atoms with Crippen LogP contribution in [0.3, 0.4) is 0 Å². The van der Waals surface area contributed by atoms with Gasteiger partial charge in [0.2, 0.25) is 0 Å². The van der Waals surface area contributed by atoms with Crippen LogP contribution in [-0.4, -0.2) is 20.6 Å². The Morgan fingerprint density at radius 1 is 0.700 bits per heavy atom. The summed E-state index contributed by atoms with van der Waals surface area (Å²) in [6.45, 7) is 0. The molecule has 0 amide bonds. The maximum atomic E-state index is 10.9. The van der Waals surface area contributed by atoms with Crippen molar-refractivity contribution in [1.29, 1.82) is 0 Å². The van der Waals surface area contributed by atoms with Crippen LogP contribution in [0.5, 0.6) is 11.5 Å². The minimum absolute atomic E-state index is 0.0468. The summed E-state index contributed by atoms with van der Waals surface area (Å²) in [7, 11) is 0. The van der Waals surface area contributed by atoms with Crippen molar-refractivity contribution in [1.82, 2.24) is 0 Å². The van der Waals surface area contributed by atoms with Gasteiger partial charge in [-0.1, -0.05) is 0 Å². The monoisotopic (exact) mass is 280 g/mol. The number of rotatable bonds is 3. The summed E-state index contributed by atoms with van der Waals surface area (Å²) < 4.78 is 0. The van der Waals surface area contributed by atoms with Gasteiger partial charge in [-0.05, 0) is 12.1 Å². The first kappa shape index (κ1) is 14.2. The van der Waals surface area contributed by atoms with Gasteiger partial charge in [0.05, 0.1) is 0 Å². The van der Waals surface area contributed by atoms with Crippen molar-refractivity contribution in [2.45, 2.75) is 0 Å². The van der Waals surface area contributed by atoms with Crippen molar-refractivity contribution < 1.29 is 31.1 Å². The lowest BCUT2D eigenvalue weighted by atomic mass is 10.0. The lowest BCUT2D eigenvalue weighted by Gasteiger charge is -2.16. The van der Waals surface area contributed by atoms with E-state index in [9.17, 15) is 20.6 Å². The van der Waals surface area contributed by atoms with Gasteiger partial charge < -0.3 is 20.6 Å². The van der Waals surface area contributed by atoms with Crippen LogP contribution in [0.15, 0.2) is 36.4 Å². The zero-order chi connectivity index (χ0) is 14.9. The molecule has 0 aromatic heterocycles. The Hall–Kier alpha value is -2.20. The molecule has 20 heavy (non-hydrogen) atoms. The lowest BCUT2D eigenvalue weighted by molar-refractivity contribution is -0.991. The Balaban J connectivity index is 2.61. The van der Waals surface area contributed by atoms with E-state index in [1.54, 1.807) is 0 Å². The topological polar surface area (TPSA) is 136 Å². The van der Waals surface area contributed by atoms with E-state index in [0.717, 1.165) is 0 Å². The normalized spacial score (nSPS) is 14.0. The first-order chi connectivity index (χ1) is 9.40. The van der Waals surface area contributed by atoms with Gasteiger partial charge in [0, 0.05) is 35.4 Å². The van der Waals surface area contributed by atoms with Crippen molar-refractivity contribution >= 4 is 11.4 Å². The highest BCUT2D eigenvalue weighted by Crippen LogP contribution is 2.37. The molecule has 2 aromatic rings. The summed E-state index contributed by atoms with van der Waals surface area (Å²) in [4.78, 5) is 0. The molecular formula is C12H12N2O6. The largest absolute Gasteiger partial charge is 0.595 e. The van der Waals surface area contributed by atoms with Crippen LogP contribution in [0.2, 0.25) is 0 Å². The summed E-state index contributed by atoms with van der Waals surface area (Å²) in [5.74, 6) is -0.513. The van der Waals surface area contributed by atoms with Crippen LogP contribution in [0.25, 0.3) is 11.1 Å². The van der Waals surface area contributed by atoms with Gasteiger partial charge in [0.1, 0.15) is 11.5 Å². The van der Waals surface area contributed by atoms with Crippen LogP contribution in [-0.2, 0) is 0 Å². The second-order valence-corrected chi connectivity index (χ2v) is 4.07. The molecular weight excluding hydrogens is 268 g/mol. The van der Waals surface area contributed by atoms with Gasteiger partial charge in [-0.2, -0.15) is 10.5 Å². The molecule has 0 radical (unpaired) electrons. The Kier molecular flexibility index (Phi) is 3.86. The van der Waals surface area contributed by atoms with Gasteiger partial charge in [0.15, 0.2) is 11.4 Å². The zero-order valence-corrected chi connectivity index (χ0v) is 10.1. The van der Waals surface area contributed by atoms with Crippen LogP contribution < -0.4 is 10.5 Å². The first-order valence-electron chi connectivity index (χ1n) is 5.53. The van der Waals surface area contributed by atoms with Crippen molar-refractivity contribution in [3.63, 3.8) is 0 Å². The fourth-order valence-electron chi connectivity index (χ4n) is 1.77. The third-order valence-corrected chi connectivity index (χ3v) is 2.78. The minimum Gasteiger partial charge on any atom is -0.595 e. The highest BCUT2D eigenvalue weighted by molar-refractivity contribution is 5.78. The molecule has 0 heterocycles. The summed E-state index contributed by atoms with van der Waals surface area (Å²) in [5.41, 5.74) is -0.0770. The zero-order valence-electron chi connectivity index (χ0n) is 10.1. The Morgan fingerprint density at radius 2 is 1.05 bits per heavy atom. The fraction of sp³-hybridized carbons (Fsp3) is 0. The van der Waals surface area contributed by atoms with E-state index in [4.69, 9.17) is 10.4 Å². The summed E-state index contributed by atoms with van der Waals surface area (Å²) in [6, 6.07) is 7.09. The number of hydrogen-bond acceptors (Lipinski definition) is 6. The van der Waals surface area contributed by atoms with E-state index < -0.39 is 10.5 Å². The molecule has 8 heteroatoms. The average Bonchev–Trinajstić information content (AvgIpc) is 2.39. The number of quaternary nitrogens is 2. The summed E-state index contributed by atoms with van der Waals surface area (Å²) in [6.07, 6.45) is 0. The van der Waals surface area contributed by atoms with E-state index in [-0.39, 0.29) is 34.0 Å². The van der Waals surface area contributed by atoms with Crippen molar-refractivity contribution in [2.24, 2.45) is 0 Å². The molecule has 2 unspecified atom stereocenters. The molecule has 6 N–H and O–H groups in total. The Bertz CT molecular complexity index is 574. The molecule has 0 fully saturated rings. The Labute approximate surface area is 113 Å². The Morgan fingerprint density at radius 3 is 1.35 bits per heavy atom. The first-order valence-corrected chi connectivity index (χ1v) is 5.53. The molecule has 0 spiro atoms. The second-order valence-electron chi connectivity index (χ2n) is 4.07. The number of phenolic OH excluding ortho intramolecular Hbond substituents is 2. The average molecular weight is 280 g/mol. The van der Waals surface area contributed by atoms with E-state index >= 15 is 0 Å². The lowest BCUT2D eigenvalue weighted by Crippen LogP contribution is -2.99. The number of aromatic hydroxyl groups is 2. The van der Waals surface area contributed by atoms with Crippen LogP contribution in [0.1, 0.15) is 0 Å². The molecule has 0 aliphatic heterocycles. The third-order valence-electron chi connectivity index (χ3n) is 2.78. The molecule has 8 nitrogen and oxygen atoms in total. The smallest absolute Gasteiger partial charge is 0.164 e. The van der Waals surface area contributed by atoms with Crippen LogP contribution >= 0.6 is 0 Å². The fourth-order valence-corrected chi connectivity index (χ4v) is 1.77. The number of nitrogens with one attached hydrogen (secondary N) is 2. The highest BCUT2D eigenvalue weighted by atomic mass is 16.8. The van der Waals surface area contributed by atoms with Crippen LogP contribution in [0.4, 0.5) is 11.4 Å². The minimum atomic E-state index is -1.19. The quantitative estimate of drug-likeness (QED) is 0.333. The van der Waals surface area contributed by atoms with E-state index in [1.807, 2.05) is 0 Å². The van der Waals surface area contributed by atoms with Gasteiger partial charge in [-0.15, -0.1) is 0 Å². The maximum Gasteiger partial charge on any atom is 0.164 e. The molecule has 2 rings (SSSR count). The molecule has 106 valence electrons. The molecule has 0 bridgehead atoms. The van der Waals surface area contributed by atoms with Crippen molar-refractivity contribution in [2.75, 3.05) is 0 Å². The standard InChI is InChI=1S/C12H12N2O6/c15-11-3-1-7(13(17)18)5-9(11)10-6-8(14(19)20)2-4-12(10)16/h1-6,13-17,19H. The molecule has 0 aliphatic carbocycles. The van der Waals surface area contributed by atoms with Crippen molar-refractivity contribution in [3.8, 4) is 22.6 Å².